The van der Waals surface area contributed by atoms with Gasteiger partial charge in [-0.3, -0.25) is 0 Å². The number of hydrogen-bond donors (Lipinski definition) is 0. The molecule has 0 aliphatic rings. The van der Waals surface area contributed by atoms with E-state index in [4.69, 9.17) is 9.47 Å². The van der Waals surface area contributed by atoms with Crippen LogP contribution in [0.2, 0.25) is 0 Å². The van der Waals surface area contributed by atoms with Crippen molar-refractivity contribution in [1.82, 2.24) is 0 Å². The second-order valence-corrected chi connectivity index (χ2v) is 4.31. The molecule has 94 valence electrons. The van der Waals surface area contributed by atoms with Crippen molar-refractivity contribution in [3.8, 4) is 11.5 Å². The van der Waals surface area contributed by atoms with E-state index >= 15 is 0 Å². The zero-order chi connectivity index (χ0) is 13.0. The molecule has 0 bridgehead atoms. The van der Waals surface area contributed by atoms with Crippen molar-refractivity contribution in [2.75, 3.05) is 7.11 Å². The molecule has 0 saturated heterocycles. The van der Waals surface area contributed by atoms with Gasteiger partial charge in [0.25, 0.3) is 0 Å². The van der Waals surface area contributed by atoms with E-state index in [1.807, 2.05) is 24.3 Å². The van der Waals surface area contributed by atoms with E-state index in [9.17, 15) is 0 Å². The van der Waals surface area contributed by atoms with Gasteiger partial charge in [-0.1, -0.05) is 30.3 Å². The number of methoxy groups -OCH3 is 1. The summed E-state index contributed by atoms with van der Waals surface area (Å²) < 4.78 is 11.1. The molecule has 0 saturated carbocycles. The summed E-state index contributed by atoms with van der Waals surface area (Å²) in [5.74, 6) is 1.55. The molecule has 0 radical (unpaired) electrons. The molecule has 0 aliphatic heterocycles. The lowest BCUT2D eigenvalue weighted by Crippen LogP contribution is -2.01. The highest BCUT2D eigenvalue weighted by molar-refractivity contribution is 5.40. The molecule has 0 fully saturated rings. The Kier molecular flexibility index (Phi) is 3.88. The zero-order valence-electron chi connectivity index (χ0n) is 11.1. The Labute approximate surface area is 108 Å². The van der Waals surface area contributed by atoms with Crippen LogP contribution < -0.4 is 9.47 Å². The van der Waals surface area contributed by atoms with Crippen LogP contribution in [0, 0.1) is 13.8 Å². The molecule has 2 nitrogen and oxygen atoms in total. The van der Waals surface area contributed by atoms with Crippen LogP contribution in [0.3, 0.4) is 0 Å². The standard InChI is InChI=1S/C16H18O2/c1-12-7-6-8-13(2)14(12)11-18-16-10-5-4-9-15(16)17-3/h4-10H,11H2,1-3H3. The van der Waals surface area contributed by atoms with E-state index in [1.165, 1.54) is 16.7 Å². The van der Waals surface area contributed by atoms with E-state index in [0.29, 0.717) is 6.61 Å². The van der Waals surface area contributed by atoms with Gasteiger partial charge < -0.3 is 9.47 Å². The molecule has 18 heavy (non-hydrogen) atoms. The van der Waals surface area contributed by atoms with Gasteiger partial charge in [0.1, 0.15) is 6.61 Å². The quantitative estimate of drug-likeness (QED) is 0.809. The Morgan fingerprint density at radius 2 is 1.44 bits per heavy atom. The van der Waals surface area contributed by atoms with Crippen molar-refractivity contribution in [3.63, 3.8) is 0 Å². The molecule has 0 unspecified atom stereocenters. The number of ether oxygens (including phenoxy) is 2. The van der Waals surface area contributed by atoms with Crippen molar-refractivity contribution < 1.29 is 9.47 Å². The van der Waals surface area contributed by atoms with E-state index in [-0.39, 0.29) is 0 Å². The van der Waals surface area contributed by atoms with Gasteiger partial charge in [0, 0.05) is 0 Å². The van der Waals surface area contributed by atoms with Crippen molar-refractivity contribution in [2.24, 2.45) is 0 Å². The molecule has 0 N–H and O–H groups in total. The predicted octanol–water partition coefficient (Wildman–Crippen LogP) is 3.89. The van der Waals surface area contributed by atoms with Crippen molar-refractivity contribution in [3.05, 3.63) is 59.2 Å². The fourth-order valence-electron chi connectivity index (χ4n) is 1.96. The summed E-state index contributed by atoms with van der Waals surface area (Å²) in [6.45, 7) is 4.78. The summed E-state index contributed by atoms with van der Waals surface area (Å²) >= 11 is 0. The van der Waals surface area contributed by atoms with Gasteiger partial charge in [0.2, 0.25) is 0 Å². The summed E-state index contributed by atoms with van der Waals surface area (Å²) in [7, 11) is 1.65. The minimum Gasteiger partial charge on any atom is -0.493 e. The van der Waals surface area contributed by atoms with E-state index in [1.54, 1.807) is 7.11 Å². The first-order valence-electron chi connectivity index (χ1n) is 6.03. The maximum atomic E-state index is 5.85. The molecule has 0 amide bonds. The third kappa shape index (κ3) is 2.65. The van der Waals surface area contributed by atoms with Crippen LogP contribution in [-0.4, -0.2) is 7.11 Å². The van der Waals surface area contributed by atoms with Crippen LogP contribution in [0.15, 0.2) is 42.5 Å². The molecular formula is C16H18O2. The van der Waals surface area contributed by atoms with Crippen molar-refractivity contribution >= 4 is 0 Å². The Balaban J connectivity index is 2.16. The lowest BCUT2D eigenvalue weighted by molar-refractivity contribution is 0.283. The lowest BCUT2D eigenvalue weighted by atomic mass is 10.0. The maximum Gasteiger partial charge on any atom is 0.161 e. The van der Waals surface area contributed by atoms with Crippen molar-refractivity contribution in [1.29, 1.82) is 0 Å². The number of aryl methyl sites for hydroxylation is 2. The monoisotopic (exact) mass is 242 g/mol. The fourth-order valence-corrected chi connectivity index (χ4v) is 1.96. The summed E-state index contributed by atoms with van der Waals surface area (Å²) in [5, 5.41) is 0. The third-order valence-corrected chi connectivity index (χ3v) is 3.09. The SMILES string of the molecule is COc1ccccc1OCc1c(C)cccc1C. The smallest absolute Gasteiger partial charge is 0.161 e. The second kappa shape index (κ2) is 5.58. The fraction of sp³-hybridized carbons (Fsp3) is 0.250. The number of benzene rings is 2. The minimum atomic E-state index is 0.568. The Morgan fingerprint density at radius 3 is 2.06 bits per heavy atom. The summed E-state index contributed by atoms with van der Waals surface area (Å²) in [6.07, 6.45) is 0. The summed E-state index contributed by atoms with van der Waals surface area (Å²) in [4.78, 5) is 0. The number of rotatable bonds is 4. The average Bonchev–Trinajstić information content (AvgIpc) is 2.38. The molecule has 2 heteroatoms. The van der Waals surface area contributed by atoms with E-state index in [2.05, 4.69) is 32.0 Å². The van der Waals surface area contributed by atoms with E-state index in [0.717, 1.165) is 11.5 Å². The first-order valence-corrected chi connectivity index (χ1v) is 6.03. The van der Waals surface area contributed by atoms with Crippen LogP contribution in [0.1, 0.15) is 16.7 Å². The van der Waals surface area contributed by atoms with Gasteiger partial charge in [-0.15, -0.1) is 0 Å². The molecular weight excluding hydrogens is 224 g/mol. The molecule has 0 spiro atoms. The van der Waals surface area contributed by atoms with Crippen molar-refractivity contribution in [2.45, 2.75) is 20.5 Å². The second-order valence-electron chi connectivity index (χ2n) is 4.31. The normalized spacial score (nSPS) is 10.2. The zero-order valence-corrected chi connectivity index (χ0v) is 11.1. The van der Waals surface area contributed by atoms with Gasteiger partial charge in [0.05, 0.1) is 7.11 Å². The molecule has 0 heterocycles. The predicted molar refractivity (Wildman–Crippen MR) is 73.2 cm³/mol. The Morgan fingerprint density at radius 1 is 0.833 bits per heavy atom. The van der Waals surface area contributed by atoms with Gasteiger partial charge >= 0.3 is 0 Å². The van der Waals surface area contributed by atoms with Crippen LogP contribution in [0.25, 0.3) is 0 Å². The van der Waals surface area contributed by atoms with Gasteiger partial charge in [-0.05, 0) is 42.7 Å². The first kappa shape index (κ1) is 12.5. The Bertz CT molecular complexity index is 512. The van der Waals surface area contributed by atoms with Crippen LogP contribution in [0.5, 0.6) is 11.5 Å². The third-order valence-electron chi connectivity index (χ3n) is 3.09. The maximum absolute atomic E-state index is 5.85. The van der Waals surface area contributed by atoms with Gasteiger partial charge in [-0.2, -0.15) is 0 Å². The molecule has 2 rings (SSSR count). The molecule has 0 aromatic heterocycles. The largest absolute Gasteiger partial charge is 0.493 e. The topological polar surface area (TPSA) is 18.5 Å². The molecule has 2 aromatic carbocycles. The minimum absolute atomic E-state index is 0.568. The van der Waals surface area contributed by atoms with E-state index < -0.39 is 0 Å². The summed E-state index contributed by atoms with van der Waals surface area (Å²) in [6, 6.07) is 14.0. The first-order chi connectivity index (χ1) is 8.72. The average molecular weight is 242 g/mol. The molecule has 0 aliphatic carbocycles. The van der Waals surface area contributed by atoms with Crippen LogP contribution >= 0.6 is 0 Å². The van der Waals surface area contributed by atoms with Crippen LogP contribution in [0.4, 0.5) is 0 Å². The molecule has 2 aromatic rings. The Hall–Kier alpha value is -1.96. The van der Waals surface area contributed by atoms with Gasteiger partial charge in [0.15, 0.2) is 11.5 Å². The lowest BCUT2D eigenvalue weighted by Gasteiger charge is -2.13. The highest BCUT2D eigenvalue weighted by atomic mass is 16.5. The molecule has 0 atom stereocenters. The van der Waals surface area contributed by atoms with Gasteiger partial charge in [-0.25, -0.2) is 0 Å². The summed E-state index contributed by atoms with van der Waals surface area (Å²) in [5.41, 5.74) is 3.75. The number of para-hydroxylation sites is 2. The highest BCUT2D eigenvalue weighted by Crippen LogP contribution is 2.27. The van der Waals surface area contributed by atoms with Crippen LogP contribution in [-0.2, 0) is 6.61 Å². The number of hydrogen-bond acceptors (Lipinski definition) is 2. The highest BCUT2D eigenvalue weighted by Gasteiger charge is 2.06.